The Morgan fingerprint density at radius 3 is 2.61 bits per heavy atom. The molecule has 3 amide bonds. The van der Waals surface area contributed by atoms with E-state index >= 15 is 0 Å². The van der Waals surface area contributed by atoms with Gasteiger partial charge in [-0.25, -0.2) is 0 Å². The van der Waals surface area contributed by atoms with Crippen molar-refractivity contribution in [2.24, 2.45) is 5.73 Å². The molecule has 1 heterocycles. The van der Waals surface area contributed by atoms with Crippen molar-refractivity contribution in [3.05, 3.63) is 58.6 Å². The maximum Gasteiger partial charge on any atom is 0.482 e. The lowest BCUT2D eigenvalue weighted by atomic mass is 10.1. The molecule has 7 nitrogen and oxygen atoms in total. The second-order valence-corrected chi connectivity index (χ2v) is 6.85. The molecular weight excluding hydrogens is 440 g/mol. The van der Waals surface area contributed by atoms with E-state index in [0.29, 0.717) is 14.9 Å². The number of anilines is 1. The number of benzene rings is 2. The summed E-state index contributed by atoms with van der Waals surface area (Å²) in [7, 11) is 0. The molecule has 0 radical (unpaired) electrons. The monoisotopic (exact) mass is 453 g/mol. The summed E-state index contributed by atoms with van der Waals surface area (Å²) < 4.78 is 32.8. The number of ether oxygens (including phenoxy) is 1. The topological polar surface area (TPSA) is 102 Å². The molecule has 0 bridgehead atoms. The smallest absolute Gasteiger partial charge is 0.423 e. The molecule has 0 aromatic heterocycles. The summed E-state index contributed by atoms with van der Waals surface area (Å²) in [6, 6.07) is 10.9. The van der Waals surface area contributed by atoms with Crippen molar-refractivity contribution in [3.63, 3.8) is 0 Å². The maximum absolute atomic E-state index is 13.9. The fourth-order valence-corrected chi connectivity index (χ4v) is 3.14. The van der Waals surface area contributed by atoms with Crippen molar-refractivity contribution in [2.75, 3.05) is 11.4 Å². The number of carbonyl (C=O) groups excluding carboxylic acids is 3. The van der Waals surface area contributed by atoms with Crippen molar-refractivity contribution in [3.8, 4) is 5.75 Å². The van der Waals surface area contributed by atoms with Crippen LogP contribution in [0.15, 0.2) is 53.0 Å². The second-order valence-electron chi connectivity index (χ2n) is 5.94. The fraction of sp³-hybridized carbons (Fsp3) is 0.167. The van der Waals surface area contributed by atoms with Crippen LogP contribution in [0.5, 0.6) is 5.75 Å². The molecule has 1 aliphatic heterocycles. The minimum Gasteiger partial charge on any atom is -0.423 e. The number of alkyl halides is 2. The first-order valence-electron chi connectivity index (χ1n) is 8.01. The Balaban J connectivity index is 1.83. The van der Waals surface area contributed by atoms with Gasteiger partial charge in [0.05, 0.1) is 5.69 Å². The van der Waals surface area contributed by atoms with E-state index in [-0.39, 0.29) is 11.4 Å². The van der Waals surface area contributed by atoms with Crippen molar-refractivity contribution < 1.29 is 27.9 Å². The van der Waals surface area contributed by atoms with Crippen LogP contribution in [-0.2, 0) is 14.4 Å². The zero-order chi connectivity index (χ0) is 20.5. The molecule has 28 heavy (non-hydrogen) atoms. The molecule has 146 valence electrons. The minimum absolute atomic E-state index is 0.0201. The molecule has 0 fully saturated rings. The lowest BCUT2D eigenvalue weighted by Crippen LogP contribution is -2.54. The predicted molar refractivity (Wildman–Crippen MR) is 98.6 cm³/mol. The Labute approximate surface area is 166 Å². The van der Waals surface area contributed by atoms with E-state index < -0.39 is 36.4 Å². The van der Waals surface area contributed by atoms with Gasteiger partial charge in [0.25, 0.3) is 0 Å². The second kappa shape index (κ2) is 7.55. The van der Waals surface area contributed by atoms with E-state index in [2.05, 4.69) is 26.0 Å². The van der Waals surface area contributed by atoms with Gasteiger partial charge in [0.1, 0.15) is 12.6 Å². The number of halogens is 3. The molecule has 3 rings (SSSR count). The summed E-state index contributed by atoms with van der Waals surface area (Å²) in [5.74, 6) is -3.60. The highest BCUT2D eigenvalue weighted by molar-refractivity contribution is 9.10. The summed E-state index contributed by atoms with van der Waals surface area (Å²) in [5.41, 5.74) is 5.78. The zero-order valence-electron chi connectivity index (χ0n) is 14.2. The fourth-order valence-electron chi connectivity index (χ4n) is 2.73. The number of carbonyl (C=O) groups is 3. The lowest BCUT2D eigenvalue weighted by Gasteiger charge is -2.33. The Bertz CT molecular complexity index is 954. The van der Waals surface area contributed by atoms with Gasteiger partial charge in [-0.05, 0) is 29.8 Å². The van der Waals surface area contributed by atoms with Crippen molar-refractivity contribution in [2.45, 2.75) is 12.2 Å². The third kappa shape index (κ3) is 3.96. The van der Waals surface area contributed by atoms with Crippen LogP contribution < -0.4 is 20.7 Å². The molecule has 0 saturated carbocycles. The quantitative estimate of drug-likeness (QED) is 0.723. The molecular formula is C18H14BrF2N3O4. The number of rotatable bonds is 5. The highest BCUT2D eigenvalue weighted by atomic mass is 79.9. The van der Waals surface area contributed by atoms with Gasteiger partial charge >= 0.3 is 12.0 Å². The summed E-state index contributed by atoms with van der Waals surface area (Å²) in [5, 5.41) is 2.37. The van der Waals surface area contributed by atoms with Gasteiger partial charge in [0, 0.05) is 4.47 Å². The summed E-state index contributed by atoms with van der Waals surface area (Å²) in [4.78, 5) is 36.9. The summed E-state index contributed by atoms with van der Waals surface area (Å²) >= 11 is 3.25. The summed E-state index contributed by atoms with van der Waals surface area (Å²) in [6.45, 7) is -0.743. The number of nitrogens with one attached hydrogen (secondary N) is 1. The van der Waals surface area contributed by atoms with Gasteiger partial charge in [-0.1, -0.05) is 40.2 Å². The van der Waals surface area contributed by atoms with E-state index in [0.717, 1.165) is 0 Å². The van der Waals surface area contributed by atoms with E-state index in [4.69, 9.17) is 5.73 Å². The number of primary amides is 1. The Morgan fingerprint density at radius 2 is 1.93 bits per heavy atom. The summed E-state index contributed by atoms with van der Waals surface area (Å²) in [6.07, 6.45) is -4.11. The number of fused-ring (bicyclic) bond motifs is 1. The number of para-hydroxylation sites is 2. The average Bonchev–Trinajstić information content (AvgIpc) is 2.63. The van der Waals surface area contributed by atoms with Gasteiger partial charge in [-0.15, -0.1) is 0 Å². The van der Waals surface area contributed by atoms with Gasteiger partial charge in [0.2, 0.25) is 11.8 Å². The first kappa shape index (κ1) is 19.7. The molecule has 1 unspecified atom stereocenters. The normalized spacial score (nSPS) is 16.0. The first-order chi connectivity index (χ1) is 13.2. The van der Waals surface area contributed by atoms with Crippen LogP contribution >= 0.6 is 15.9 Å². The number of nitrogens with zero attached hydrogens (tertiary/aromatic N) is 1. The number of amides is 3. The van der Waals surface area contributed by atoms with Crippen molar-refractivity contribution >= 4 is 39.3 Å². The van der Waals surface area contributed by atoms with Crippen LogP contribution in [0.1, 0.15) is 11.6 Å². The van der Waals surface area contributed by atoms with Gasteiger partial charge in [-0.2, -0.15) is 8.78 Å². The van der Waals surface area contributed by atoms with E-state index in [1.54, 1.807) is 24.3 Å². The SMILES string of the molecule is NC(=O)C(NC(=O)CN1C(=O)C(F)(F)Oc2ccccc21)c1cccc(Br)c1. The third-order valence-electron chi connectivity index (χ3n) is 3.96. The highest BCUT2D eigenvalue weighted by Crippen LogP contribution is 2.38. The number of hydrogen-bond acceptors (Lipinski definition) is 4. The highest BCUT2D eigenvalue weighted by Gasteiger charge is 2.50. The minimum atomic E-state index is -4.11. The molecule has 1 atom stereocenters. The molecule has 2 aromatic rings. The van der Waals surface area contributed by atoms with Crippen LogP contribution in [0.2, 0.25) is 0 Å². The third-order valence-corrected chi connectivity index (χ3v) is 4.46. The molecule has 0 aliphatic carbocycles. The molecule has 0 saturated heterocycles. The van der Waals surface area contributed by atoms with Gasteiger partial charge in [-0.3, -0.25) is 19.3 Å². The molecule has 1 aliphatic rings. The molecule has 10 heteroatoms. The Morgan fingerprint density at radius 1 is 1.21 bits per heavy atom. The standard InChI is InChI=1S/C18H14BrF2N3O4/c19-11-5-3-4-10(8-11)15(16(22)26)23-14(25)9-24-12-6-1-2-7-13(12)28-18(20,21)17(24)27/h1-8,15H,9H2,(H2,22,26)(H,23,25). The van der Waals surface area contributed by atoms with Gasteiger partial charge in [0.15, 0.2) is 5.75 Å². The number of hydrogen-bond donors (Lipinski definition) is 2. The molecule has 2 aromatic carbocycles. The van der Waals surface area contributed by atoms with E-state index in [9.17, 15) is 23.2 Å². The average molecular weight is 454 g/mol. The predicted octanol–water partition coefficient (Wildman–Crippen LogP) is 2.11. The first-order valence-corrected chi connectivity index (χ1v) is 8.80. The molecule has 3 N–H and O–H groups in total. The van der Waals surface area contributed by atoms with E-state index in [1.807, 2.05) is 0 Å². The largest absolute Gasteiger partial charge is 0.482 e. The van der Waals surface area contributed by atoms with Gasteiger partial charge < -0.3 is 15.8 Å². The van der Waals surface area contributed by atoms with Crippen molar-refractivity contribution in [1.82, 2.24) is 5.32 Å². The Kier molecular flexibility index (Phi) is 5.32. The van der Waals surface area contributed by atoms with E-state index in [1.165, 1.54) is 24.3 Å². The number of nitrogens with two attached hydrogens (primary N) is 1. The van der Waals surface area contributed by atoms with Crippen LogP contribution in [0, 0.1) is 0 Å². The lowest BCUT2D eigenvalue weighted by molar-refractivity contribution is -0.192. The van der Waals surface area contributed by atoms with Crippen LogP contribution in [-0.4, -0.2) is 30.4 Å². The Hall–Kier alpha value is -3.01. The maximum atomic E-state index is 13.9. The molecule has 0 spiro atoms. The van der Waals surface area contributed by atoms with Crippen molar-refractivity contribution in [1.29, 1.82) is 0 Å². The van der Waals surface area contributed by atoms with Crippen LogP contribution in [0.25, 0.3) is 0 Å². The van der Waals surface area contributed by atoms with Crippen LogP contribution in [0.4, 0.5) is 14.5 Å². The van der Waals surface area contributed by atoms with Crippen LogP contribution in [0.3, 0.4) is 0 Å². The zero-order valence-corrected chi connectivity index (χ0v) is 15.8.